The first-order valence-corrected chi connectivity index (χ1v) is 8.77. The molecule has 3 heteroatoms. The lowest BCUT2D eigenvalue weighted by Crippen LogP contribution is -2.35. The number of nitrogens with one attached hydrogen (secondary N) is 1. The first-order valence-electron chi connectivity index (χ1n) is 8.77. The molecule has 1 aromatic heterocycles. The van der Waals surface area contributed by atoms with Crippen LogP contribution in [0.2, 0.25) is 0 Å². The summed E-state index contributed by atoms with van der Waals surface area (Å²) in [4.78, 5) is 0. The molecule has 0 fully saturated rings. The van der Waals surface area contributed by atoms with Gasteiger partial charge in [0.05, 0.1) is 0 Å². The van der Waals surface area contributed by atoms with Crippen LogP contribution in [0.15, 0.2) is 4.52 Å². The van der Waals surface area contributed by atoms with Crippen molar-refractivity contribution in [3.8, 4) is 0 Å². The van der Waals surface area contributed by atoms with E-state index in [-0.39, 0.29) is 5.54 Å². The Morgan fingerprint density at radius 3 is 2.10 bits per heavy atom. The zero-order chi connectivity index (χ0) is 15.1. The van der Waals surface area contributed by atoms with E-state index in [1.54, 1.807) is 0 Å². The lowest BCUT2D eigenvalue weighted by atomic mass is 9.98. The Morgan fingerprint density at radius 1 is 0.905 bits per heavy atom. The molecule has 0 saturated heterocycles. The lowest BCUT2D eigenvalue weighted by Gasteiger charge is -2.20. The predicted molar refractivity (Wildman–Crippen MR) is 87.4 cm³/mol. The molecule has 2 rings (SSSR count). The van der Waals surface area contributed by atoms with Crippen LogP contribution < -0.4 is 5.32 Å². The highest BCUT2D eigenvalue weighted by Gasteiger charge is 2.18. The van der Waals surface area contributed by atoms with Crippen LogP contribution in [0.3, 0.4) is 0 Å². The molecule has 0 atom stereocenters. The standard InChI is InChI=1S/C18H32N2O/c1-18(2,3)19-14-16-15-12-10-8-6-4-5-7-9-11-13-17(15)21-20-16/h19H,4-14H2,1-3H3. The third kappa shape index (κ3) is 5.82. The van der Waals surface area contributed by atoms with Gasteiger partial charge in [0, 0.05) is 24.1 Å². The molecule has 0 spiro atoms. The van der Waals surface area contributed by atoms with E-state index in [1.165, 1.54) is 56.9 Å². The number of aromatic nitrogens is 1. The second-order valence-electron chi connectivity index (χ2n) is 7.46. The zero-order valence-electron chi connectivity index (χ0n) is 14.1. The molecule has 0 amide bonds. The summed E-state index contributed by atoms with van der Waals surface area (Å²) in [5, 5.41) is 7.89. The highest BCUT2D eigenvalue weighted by Crippen LogP contribution is 2.22. The minimum Gasteiger partial charge on any atom is -0.361 e. The van der Waals surface area contributed by atoms with Gasteiger partial charge in [-0.25, -0.2) is 0 Å². The normalized spacial score (nSPS) is 18.6. The van der Waals surface area contributed by atoms with Gasteiger partial charge in [0.1, 0.15) is 11.5 Å². The summed E-state index contributed by atoms with van der Waals surface area (Å²) < 4.78 is 5.67. The van der Waals surface area contributed by atoms with Gasteiger partial charge in [-0.3, -0.25) is 0 Å². The molecule has 0 radical (unpaired) electrons. The van der Waals surface area contributed by atoms with Gasteiger partial charge in [-0.05, 0) is 40.0 Å². The third-order valence-corrected chi connectivity index (χ3v) is 4.32. The van der Waals surface area contributed by atoms with E-state index in [4.69, 9.17) is 4.52 Å². The fourth-order valence-corrected chi connectivity index (χ4v) is 3.00. The smallest absolute Gasteiger partial charge is 0.140 e. The first kappa shape index (κ1) is 16.5. The van der Waals surface area contributed by atoms with Crippen molar-refractivity contribution in [3.05, 3.63) is 17.0 Å². The number of hydrogen-bond donors (Lipinski definition) is 1. The van der Waals surface area contributed by atoms with Gasteiger partial charge in [-0.2, -0.15) is 0 Å². The van der Waals surface area contributed by atoms with Crippen LogP contribution in [0.1, 0.15) is 89.2 Å². The number of rotatable bonds is 2. The number of hydrogen-bond acceptors (Lipinski definition) is 3. The Morgan fingerprint density at radius 2 is 1.48 bits per heavy atom. The van der Waals surface area contributed by atoms with Crippen molar-refractivity contribution in [1.82, 2.24) is 10.5 Å². The molecule has 0 aromatic carbocycles. The van der Waals surface area contributed by atoms with Crippen molar-refractivity contribution < 1.29 is 4.52 Å². The maximum absolute atomic E-state index is 5.67. The van der Waals surface area contributed by atoms with Crippen LogP contribution in [0.25, 0.3) is 0 Å². The fraction of sp³-hybridized carbons (Fsp3) is 0.833. The van der Waals surface area contributed by atoms with E-state index in [9.17, 15) is 0 Å². The van der Waals surface area contributed by atoms with E-state index in [0.717, 1.165) is 30.8 Å². The highest BCUT2D eigenvalue weighted by molar-refractivity contribution is 5.23. The van der Waals surface area contributed by atoms with Gasteiger partial charge in [0.2, 0.25) is 0 Å². The summed E-state index contributed by atoms with van der Waals surface area (Å²) in [6.07, 6.45) is 13.0. The molecule has 1 aliphatic carbocycles. The van der Waals surface area contributed by atoms with Crippen LogP contribution in [0, 0.1) is 0 Å². The van der Waals surface area contributed by atoms with Crippen molar-refractivity contribution in [2.24, 2.45) is 0 Å². The Bertz CT molecular complexity index is 417. The Kier molecular flexibility index (Phi) is 6.28. The topological polar surface area (TPSA) is 38.1 Å². The number of fused-ring (bicyclic) bond motifs is 1. The van der Waals surface area contributed by atoms with Crippen molar-refractivity contribution in [3.63, 3.8) is 0 Å². The molecule has 1 heterocycles. The third-order valence-electron chi connectivity index (χ3n) is 4.32. The van der Waals surface area contributed by atoms with Gasteiger partial charge in [-0.1, -0.05) is 43.7 Å². The SMILES string of the molecule is CC(C)(C)NCc1noc2c1CCCCCCCCCC2. The molecule has 1 N–H and O–H groups in total. The molecule has 1 aliphatic rings. The second kappa shape index (κ2) is 7.98. The average Bonchev–Trinajstić information content (AvgIpc) is 2.78. The van der Waals surface area contributed by atoms with E-state index in [0.29, 0.717) is 0 Å². The summed E-state index contributed by atoms with van der Waals surface area (Å²) in [7, 11) is 0. The zero-order valence-corrected chi connectivity index (χ0v) is 14.1. The molecule has 120 valence electrons. The second-order valence-corrected chi connectivity index (χ2v) is 7.46. The monoisotopic (exact) mass is 292 g/mol. The molecule has 3 nitrogen and oxygen atoms in total. The Hall–Kier alpha value is -0.830. The molecule has 1 aromatic rings. The molecule has 21 heavy (non-hydrogen) atoms. The molecule has 0 saturated carbocycles. The van der Waals surface area contributed by atoms with Crippen LogP contribution in [-0.2, 0) is 19.4 Å². The minimum absolute atomic E-state index is 0.122. The maximum Gasteiger partial charge on any atom is 0.140 e. The largest absolute Gasteiger partial charge is 0.361 e. The van der Waals surface area contributed by atoms with Gasteiger partial charge in [0.25, 0.3) is 0 Å². The van der Waals surface area contributed by atoms with Crippen molar-refractivity contribution >= 4 is 0 Å². The fourth-order valence-electron chi connectivity index (χ4n) is 3.00. The van der Waals surface area contributed by atoms with Gasteiger partial charge in [0.15, 0.2) is 0 Å². The first-order chi connectivity index (χ1) is 10.1. The van der Waals surface area contributed by atoms with E-state index in [1.807, 2.05) is 0 Å². The lowest BCUT2D eigenvalue weighted by molar-refractivity contribution is 0.361. The maximum atomic E-state index is 5.67. The van der Waals surface area contributed by atoms with Crippen LogP contribution in [0.5, 0.6) is 0 Å². The van der Waals surface area contributed by atoms with E-state index < -0.39 is 0 Å². The summed E-state index contributed by atoms with van der Waals surface area (Å²) >= 11 is 0. The number of nitrogens with zero attached hydrogens (tertiary/aromatic N) is 1. The van der Waals surface area contributed by atoms with Gasteiger partial charge >= 0.3 is 0 Å². The molecule has 0 aliphatic heterocycles. The van der Waals surface area contributed by atoms with Crippen LogP contribution in [0.4, 0.5) is 0 Å². The number of aryl methyl sites for hydroxylation is 1. The Labute approximate surface area is 129 Å². The van der Waals surface area contributed by atoms with Crippen LogP contribution >= 0.6 is 0 Å². The summed E-state index contributed by atoms with van der Waals surface area (Å²) in [6, 6.07) is 0. The minimum atomic E-state index is 0.122. The molecule has 0 unspecified atom stereocenters. The van der Waals surface area contributed by atoms with Gasteiger partial charge in [-0.15, -0.1) is 0 Å². The highest BCUT2D eigenvalue weighted by atomic mass is 16.5. The predicted octanol–water partition coefficient (Wildman–Crippen LogP) is 4.78. The summed E-state index contributed by atoms with van der Waals surface area (Å²) in [6.45, 7) is 7.40. The van der Waals surface area contributed by atoms with Crippen molar-refractivity contribution in [2.75, 3.05) is 0 Å². The molecular weight excluding hydrogens is 260 g/mol. The average molecular weight is 292 g/mol. The summed E-state index contributed by atoms with van der Waals surface area (Å²) in [5.74, 6) is 1.15. The van der Waals surface area contributed by atoms with Crippen molar-refractivity contribution in [1.29, 1.82) is 0 Å². The van der Waals surface area contributed by atoms with E-state index in [2.05, 4.69) is 31.2 Å². The van der Waals surface area contributed by atoms with Crippen LogP contribution in [-0.4, -0.2) is 10.7 Å². The van der Waals surface area contributed by atoms with Crippen molar-refractivity contribution in [2.45, 2.75) is 97.1 Å². The Balaban J connectivity index is 2.03. The van der Waals surface area contributed by atoms with Gasteiger partial charge < -0.3 is 9.84 Å². The molecular formula is C18H32N2O. The molecule has 0 bridgehead atoms. The quantitative estimate of drug-likeness (QED) is 0.852. The summed E-state index contributed by atoms with van der Waals surface area (Å²) in [5.41, 5.74) is 2.65. The van der Waals surface area contributed by atoms with E-state index >= 15 is 0 Å².